The normalized spacial score (nSPS) is 34.1. The first-order valence-corrected chi connectivity index (χ1v) is 2.66. The summed E-state index contributed by atoms with van der Waals surface area (Å²) in [7, 11) is 0. The molecular weight excluding hydrogens is 106 g/mol. The molecule has 0 unspecified atom stereocenters. The third-order valence-corrected chi connectivity index (χ3v) is 1.30. The highest BCUT2D eigenvalue weighted by molar-refractivity contribution is 5.65. The summed E-state index contributed by atoms with van der Waals surface area (Å²) in [6.07, 6.45) is 0.440. The molecule has 0 aromatic heterocycles. The summed E-state index contributed by atoms with van der Waals surface area (Å²) in [6.45, 7) is 2.02. The van der Waals surface area contributed by atoms with Crippen LogP contribution in [0.2, 0.25) is 0 Å². The van der Waals surface area contributed by atoms with Gasteiger partial charge in [0.25, 0.3) is 0 Å². The van der Waals surface area contributed by atoms with Gasteiger partial charge in [-0.1, -0.05) is 6.92 Å². The highest BCUT2D eigenvalue weighted by Crippen LogP contribution is 2.32. The van der Waals surface area contributed by atoms with E-state index in [9.17, 15) is 4.79 Å². The van der Waals surface area contributed by atoms with E-state index < -0.39 is 6.09 Å². The van der Waals surface area contributed by atoms with E-state index in [0.29, 0.717) is 5.92 Å². The lowest BCUT2D eigenvalue weighted by Crippen LogP contribution is -2.14. The van der Waals surface area contributed by atoms with Gasteiger partial charge in [-0.25, -0.2) is 4.79 Å². The maximum atomic E-state index is 10.00. The number of ether oxygens (including phenoxy) is 1. The van der Waals surface area contributed by atoms with Crippen LogP contribution in [0.1, 0.15) is 13.3 Å². The lowest BCUT2D eigenvalue weighted by Gasteiger charge is -1.94. The second-order valence-electron chi connectivity index (χ2n) is 2.19. The summed E-state index contributed by atoms with van der Waals surface area (Å²) < 4.78 is 4.61. The molecule has 0 aliphatic heterocycles. The molecule has 0 aromatic rings. The molecule has 0 spiro atoms. The Bertz CT molecular complexity index is 113. The van der Waals surface area contributed by atoms with Crippen molar-refractivity contribution < 1.29 is 9.53 Å². The topological polar surface area (TPSA) is 52.3 Å². The van der Waals surface area contributed by atoms with E-state index in [1.165, 1.54) is 0 Å². The van der Waals surface area contributed by atoms with Crippen LogP contribution in [0, 0.1) is 5.92 Å². The minimum absolute atomic E-state index is 0.118. The van der Waals surface area contributed by atoms with Gasteiger partial charge in [0.2, 0.25) is 0 Å². The van der Waals surface area contributed by atoms with Gasteiger partial charge >= 0.3 is 6.09 Å². The van der Waals surface area contributed by atoms with Crippen molar-refractivity contribution in [2.75, 3.05) is 0 Å². The summed E-state index contributed by atoms with van der Waals surface area (Å²) in [6, 6.07) is 0. The van der Waals surface area contributed by atoms with E-state index in [1.807, 2.05) is 6.92 Å². The fourth-order valence-electron chi connectivity index (χ4n) is 0.601. The maximum absolute atomic E-state index is 10.00. The molecule has 0 bridgehead atoms. The molecule has 0 saturated heterocycles. The van der Waals surface area contributed by atoms with Gasteiger partial charge in [0.05, 0.1) is 0 Å². The summed E-state index contributed by atoms with van der Waals surface area (Å²) in [5, 5.41) is 0. The van der Waals surface area contributed by atoms with Crippen LogP contribution < -0.4 is 5.73 Å². The largest absolute Gasteiger partial charge is 0.446 e. The standard InChI is InChI=1S/C5H9NO2/c1-3-2-4(3)8-5(6)7/h3-4H,2H2,1H3,(H2,6,7)/t3-,4+/m0/s1. The Balaban J connectivity index is 2.14. The van der Waals surface area contributed by atoms with Crippen LogP contribution in [0.5, 0.6) is 0 Å². The number of hydrogen-bond acceptors (Lipinski definition) is 2. The van der Waals surface area contributed by atoms with Crippen LogP contribution in [-0.4, -0.2) is 12.2 Å². The Morgan fingerprint density at radius 2 is 2.38 bits per heavy atom. The minimum Gasteiger partial charge on any atom is -0.446 e. The highest BCUT2D eigenvalue weighted by Gasteiger charge is 2.35. The van der Waals surface area contributed by atoms with Crippen molar-refractivity contribution in [3.05, 3.63) is 0 Å². The van der Waals surface area contributed by atoms with Crippen LogP contribution in [0.3, 0.4) is 0 Å². The van der Waals surface area contributed by atoms with Crippen molar-refractivity contribution in [1.29, 1.82) is 0 Å². The second kappa shape index (κ2) is 1.65. The molecule has 0 heterocycles. The van der Waals surface area contributed by atoms with Gasteiger partial charge in [-0.3, -0.25) is 0 Å². The van der Waals surface area contributed by atoms with Crippen LogP contribution >= 0.6 is 0 Å². The number of primary amides is 1. The van der Waals surface area contributed by atoms with Crippen molar-refractivity contribution in [1.82, 2.24) is 0 Å². The third-order valence-electron chi connectivity index (χ3n) is 1.30. The van der Waals surface area contributed by atoms with Gasteiger partial charge in [-0.15, -0.1) is 0 Å². The second-order valence-corrected chi connectivity index (χ2v) is 2.19. The molecule has 3 nitrogen and oxygen atoms in total. The third kappa shape index (κ3) is 1.12. The summed E-state index contributed by atoms with van der Waals surface area (Å²) in [4.78, 5) is 10.00. The predicted molar refractivity (Wildman–Crippen MR) is 28.2 cm³/mol. The molecule has 1 amide bonds. The van der Waals surface area contributed by atoms with Gasteiger partial charge in [-0.05, 0) is 12.3 Å². The predicted octanol–water partition coefficient (Wildman–Crippen LogP) is 0.490. The van der Waals surface area contributed by atoms with Crippen LogP contribution in [-0.2, 0) is 4.74 Å². The molecular formula is C5H9NO2. The summed E-state index contributed by atoms with van der Waals surface area (Å²) in [5.41, 5.74) is 4.73. The molecule has 1 rings (SSSR count). The Morgan fingerprint density at radius 3 is 2.50 bits per heavy atom. The van der Waals surface area contributed by atoms with Crippen LogP contribution in [0.15, 0.2) is 0 Å². The van der Waals surface area contributed by atoms with E-state index in [2.05, 4.69) is 4.74 Å². The SMILES string of the molecule is C[C@H]1C[C@H]1OC(N)=O. The van der Waals surface area contributed by atoms with Gasteiger partial charge < -0.3 is 10.5 Å². The van der Waals surface area contributed by atoms with Gasteiger partial charge in [-0.2, -0.15) is 0 Å². The number of hydrogen-bond donors (Lipinski definition) is 1. The smallest absolute Gasteiger partial charge is 0.404 e. The van der Waals surface area contributed by atoms with Crippen LogP contribution in [0.4, 0.5) is 4.79 Å². The molecule has 3 heteroatoms. The Morgan fingerprint density at radius 1 is 1.88 bits per heavy atom. The molecule has 8 heavy (non-hydrogen) atoms. The first-order valence-electron chi connectivity index (χ1n) is 2.66. The number of carbonyl (C=O) groups is 1. The van der Waals surface area contributed by atoms with E-state index in [0.717, 1.165) is 6.42 Å². The average molecular weight is 115 g/mol. The number of nitrogens with two attached hydrogens (primary N) is 1. The Labute approximate surface area is 47.8 Å². The summed E-state index contributed by atoms with van der Waals surface area (Å²) in [5.74, 6) is 0.530. The zero-order valence-corrected chi connectivity index (χ0v) is 4.76. The molecule has 46 valence electrons. The molecule has 2 atom stereocenters. The lowest BCUT2D eigenvalue weighted by atomic mass is 10.5. The molecule has 0 aromatic carbocycles. The number of amides is 1. The van der Waals surface area contributed by atoms with Gasteiger partial charge in [0.1, 0.15) is 6.10 Å². The zero-order valence-electron chi connectivity index (χ0n) is 4.76. The van der Waals surface area contributed by atoms with E-state index in [1.54, 1.807) is 0 Å². The highest BCUT2D eigenvalue weighted by atomic mass is 16.6. The van der Waals surface area contributed by atoms with E-state index >= 15 is 0 Å². The number of rotatable bonds is 1. The lowest BCUT2D eigenvalue weighted by molar-refractivity contribution is 0.144. The molecule has 1 aliphatic rings. The Kier molecular flexibility index (Phi) is 1.12. The monoisotopic (exact) mass is 115 g/mol. The van der Waals surface area contributed by atoms with Crippen molar-refractivity contribution >= 4 is 6.09 Å². The fourth-order valence-corrected chi connectivity index (χ4v) is 0.601. The molecule has 1 saturated carbocycles. The maximum Gasteiger partial charge on any atom is 0.404 e. The van der Waals surface area contributed by atoms with Gasteiger partial charge in [0.15, 0.2) is 0 Å². The fraction of sp³-hybridized carbons (Fsp3) is 0.800. The van der Waals surface area contributed by atoms with Crippen LogP contribution in [0.25, 0.3) is 0 Å². The van der Waals surface area contributed by atoms with Crippen molar-refractivity contribution in [3.8, 4) is 0 Å². The first-order chi connectivity index (χ1) is 3.70. The number of carbonyl (C=O) groups excluding carboxylic acids is 1. The minimum atomic E-state index is -0.653. The first kappa shape index (κ1) is 5.41. The van der Waals surface area contributed by atoms with Crippen molar-refractivity contribution in [2.24, 2.45) is 11.7 Å². The molecule has 2 N–H and O–H groups in total. The average Bonchev–Trinajstić information content (AvgIpc) is 2.17. The molecule has 1 fully saturated rings. The molecule has 0 radical (unpaired) electrons. The van der Waals surface area contributed by atoms with Crippen molar-refractivity contribution in [3.63, 3.8) is 0 Å². The van der Waals surface area contributed by atoms with Crippen molar-refractivity contribution in [2.45, 2.75) is 19.4 Å². The molecule has 1 aliphatic carbocycles. The summed E-state index contributed by atoms with van der Waals surface area (Å²) >= 11 is 0. The van der Waals surface area contributed by atoms with E-state index in [4.69, 9.17) is 5.73 Å². The quantitative estimate of drug-likeness (QED) is 0.540. The van der Waals surface area contributed by atoms with E-state index in [-0.39, 0.29) is 6.10 Å². The van der Waals surface area contributed by atoms with Gasteiger partial charge in [0, 0.05) is 0 Å². The zero-order chi connectivity index (χ0) is 6.15. The Hall–Kier alpha value is -0.730.